The van der Waals surface area contributed by atoms with Gasteiger partial charge < -0.3 is 15.0 Å². The summed E-state index contributed by atoms with van der Waals surface area (Å²) in [6.45, 7) is 3.45. The van der Waals surface area contributed by atoms with E-state index in [0.717, 1.165) is 17.9 Å². The minimum absolute atomic E-state index is 0.489. The monoisotopic (exact) mass is 280 g/mol. The molecule has 108 valence electrons. The molecule has 1 aromatic heterocycles. The van der Waals surface area contributed by atoms with Crippen molar-refractivity contribution in [3.63, 3.8) is 0 Å². The van der Waals surface area contributed by atoms with Crippen molar-refractivity contribution in [2.75, 3.05) is 7.11 Å². The highest BCUT2D eigenvalue weighted by Crippen LogP contribution is 2.22. The van der Waals surface area contributed by atoms with E-state index in [9.17, 15) is 0 Å². The molecule has 3 aromatic rings. The van der Waals surface area contributed by atoms with E-state index in [1.54, 1.807) is 7.11 Å². The van der Waals surface area contributed by atoms with E-state index in [0.29, 0.717) is 6.54 Å². The van der Waals surface area contributed by atoms with Crippen LogP contribution in [0.25, 0.3) is 10.9 Å². The number of ether oxygens (including phenoxy) is 1. The predicted octanol–water partition coefficient (Wildman–Crippen LogP) is 3.47. The highest BCUT2D eigenvalue weighted by Gasteiger charge is 2.06. The molecule has 2 N–H and O–H groups in total. The van der Waals surface area contributed by atoms with Crippen LogP contribution in [0.1, 0.15) is 16.7 Å². The van der Waals surface area contributed by atoms with Crippen LogP contribution in [0.3, 0.4) is 0 Å². The molecule has 1 heterocycles. The van der Waals surface area contributed by atoms with Gasteiger partial charge in [-0.1, -0.05) is 18.2 Å². The summed E-state index contributed by atoms with van der Waals surface area (Å²) in [6.07, 6.45) is 2.14. The number of rotatable bonds is 4. The lowest BCUT2D eigenvalue weighted by Crippen LogP contribution is -2.03. The SMILES string of the molecule is COc1ccc(Cn2ccc3ccc(C)cc32)cc1CN. The summed E-state index contributed by atoms with van der Waals surface area (Å²) >= 11 is 0. The first-order valence-corrected chi connectivity index (χ1v) is 7.12. The Labute approximate surface area is 125 Å². The second kappa shape index (κ2) is 5.62. The summed E-state index contributed by atoms with van der Waals surface area (Å²) in [4.78, 5) is 0. The highest BCUT2D eigenvalue weighted by molar-refractivity contribution is 5.80. The van der Waals surface area contributed by atoms with Crippen LogP contribution in [-0.4, -0.2) is 11.7 Å². The molecule has 3 rings (SSSR count). The van der Waals surface area contributed by atoms with Gasteiger partial charge in [0.15, 0.2) is 0 Å². The Kier molecular flexibility index (Phi) is 3.67. The maximum absolute atomic E-state index is 5.79. The van der Waals surface area contributed by atoms with E-state index in [-0.39, 0.29) is 0 Å². The zero-order valence-corrected chi connectivity index (χ0v) is 12.5. The van der Waals surface area contributed by atoms with E-state index < -0.39 is 0 Å². The lowest BCUT2D eigenvalue weighted by Gasteiger charge is -2.11. The van der Waals surface area contributed by atoms with E-state index in [1.807, 2.05) is 6.07 Å². The van der Waals surface area contributed by atoms with Crippen molar-refractivity contribution in [3.05, 3.63) is 65.4 Å². The van der Waals surface area contributed by atoms with Crippen molar-refractivity contribution in [1.29, 1.82) is 0 Å². The van der Waals surface area contributed by atoms with Crippen LogP contribution < -0.4 is 10.5 Å². The Bertz CT molecular complexity index is 774. The Hall–Kier alpha value is -2.26. The molecule has 2 aromatic carbocycles. The summed E-state index contributed by atoms with van der Waals surface area (Å²) < 4.78 is 7.59. The fraction of sp³-hybridized carbons (Fsp3) is 0.222. The van der Waals surface area contributed by atoms with Crippen LogP contribution in [0.2, 0.25) is 0 Å². The number of aryl methyl sites for hydroxylation is 1. The molecule has 0 bridgehead atoms. The van der Waals surface area contributed by atoms with Crippen molar-refractivity contribution >= 4 is 10.9 Å². The Morgan fingerprint density at radius 2 is 1.95 bits per heavy atom. The topological polar surface area (TPSA) is 40.2 Å². The van der Waals surface area contributed by atoms with Gasteiger partial charge in [-0.05, 0) is 47.7 Å². The molecule has 0 aliphatic heterocycles. The second-order valence-corrected chi connectivity index (χ2v) is 5.36. The number of aromatic nitrogens is 1. The molecular formula is C18H20N2O. The van der Waals surface area contributed by atoms with Crippen molar-refractivity contribution in [2.24, 2.45) is 5.73 Å². The van der Waals surface area contributed by atoms with Gasteiger partial charge in [-0.2, -0.15) is 0 Å². The number of methoxy groups -OCH3 is 1. The number of hydrogen-bond acceptors (Lipinski definition) is 2. The maximum Gasteiger partial charge on any atom is 0.123 e. The second-order valence-electron chi connectivity index (χ2n) is 5.36. The first-order chi connectivity index (χ1) is 10.2. The van der Waals surface area contributed by atoms with Crippen LogP contribution in [0.4, 0.5) is 0 Å². The molecule has 0 saturated carbocycles. The lowest BCUT2D eigenvalue weighted by molar-refractivity contribution is 0.409. The van der Waals surface area contributed by atoms with Gasteiger partial charge >= 0.3 is 0 Å². The summed E-state index contributed by atoms with van der Waals surface area (Å²) in [5.41, 5.74) is 10.6. The molecule has 3 heteroatoms. The smallest absolute Gasteiger partial charge is 0.123 e. The van der Waals surface area contributed by atoms with Gasteiger partial charge in [-0.25, -0.2) is 0 Å². The zero-order valence-electron chi connectivity index (χ0n) is 12.5. The van der Waals surface area contributed by atoms with Crippen molar-refractivity contribution in [1.82, 2.24) is 4.57 Å². The van der Waals surface area contributed by atoms with Crippen LogP contribution in [0.5, 0.6) is 5.75 Å². The van der Waals surface area contributed by atoms with Crippen molar-refractivity contribution in [2.45, 2.75) is 20.0 Å². The third kappa shape index (κ3) is 2.65. The van der Waals surface area contributed by atoms with Gasteiger partial charge in [0.25, 0.3) is 0 Å². The molecular weight excluding hydrogens is 260 g/mol. The summed E-state index contributed by atoms with van der Waals surface area (Å²) in [6, 6.07) is 14.9. The first kappa shape index (κ1) is 13.7. The number of hydrogen-bond donors (Lipinski definition) is 1. The molecule has 0 aliphatic rings. The quantitative estimate of drug-likeness (QED) is 0.795. The normalized spacial score (nSPS) is 11.0. The minimum atomic E-state index is 0.489. The number of fused-ring (bicyclic) bond motifs is 1. The van der Waals surface area contributed by atoms with Crippen LogP contribution in [0.15, 0.2) is 48.7 Å². The van der Waals surface area contributed by atoms with Crippen LogP contribution in [0, 0.1) is 6.92 Å². The lowest BCUT2D eigenvalue weighted by atomic mass is 10.1. The van der Waals surface area contributed by atoms with Gasteiger partial charge in [-0.15, -0.1) is 0 Å². The van der Waals surface area contributed by atoms with Gasteiger partial charge in [0.05, 0.1) is 7.11 Å². The summed E-state index contributed by atoms with van der Waals surface area (Å²) in [5, 5.41) is 1.27. The van der Waals surface area contributed by atoms with Crippen molar-refractivity contribution < 1.29 is 4.74 Å². The van der Waals surface area contributed by atoms with Crippen LogP contribution >= 0.6 is 0 Å². The molecule has 0 aliphatic carbocycles. The van der Waals surface area contributed by atoms with Crippen molar-refractivity contribution in [3.8, 4) is 5.75 Å². The van der Waals surface area contributed by atoms with Crippen LogP contribution in [-0.2, 0) is 13.1 Å². The Morgan fingerprint density at radius 1 is 1.10 bits per heavy atom. The summed E-state index contributed by atoms with van der Waals surface area (Å²) in [5.74, 6) is 0.856. The van der Waals surface area contributed by atoms with Gasteiger partial charge in [0, 0.05) is 30.4 Å². The van der Waals surface area contributed by atoms with Gasteiger partial charge in [0.1, 0.15) is 5.75 Å². The maximum atomic E-state index is 5.79. The Morgan fingerprint density at radius 3 is 2.71 bits per heavy atom. The molecule has 0 fully saturated rings. The molecule has 0 radical (unpaired) electrons. The summed E-state index contributed by atoms with van der Waals surface area (Å²) in [7, 11) is 1.68. The fourth-order valence-electron chi connectivity index (χ4n) is 2.72. The van der Waals surface area contributed by atoms with E-state index in [2.05, 4.69) is 54.1 Å². The standard InChI is InChI=1S/C18H20N2O/c1-13-3-5-15-7-8-20(17(15)9-13)12-14-4-6-18(21-2)16(10-14)11-19/h3-10H,11-12,19H2,1-2H3. The predicted molar refractivity (Wildman–Crippen MR) is 86.7 cm³/mol. The molecule has 0 amide bonds. The number of benzene rings is 2. The average molecular weight is 280 g/mol. The third-order valence-corrected chi connectivity index (χ3v) is 3.85. The van der Waals surface area contributed by atoms with E-state index >= 15 is 0 Å². The molecule has 3 nitrogen and oxygen atoms in total. The minimum Gasteiger partial charge on any atom is -0.496 e. The number of nitrogens with two attached hydrogens (primary N) is 1. The molecule has 0 atom stereocenters. The highest BCUT2D eigenvalue weighted by atomic mass is 16.5. The fourth-order valence-corrected chi connectivity index (χ4v) is 2.72. The number of nitrogens with zero attached hydrogens (tertiary/aromatic N) is 1. The van der Waals surface area contributed by atoms with E-state index in [4.69, 9.17) is 10.5 Å². The van der Waals surface area contributed by atoms with Gasteiger partial charge in [0.2, 0.25) is 0 Å². The molecule has 21 heavy (non-hydrogen) atoms. The molecule has 0 saturated heterocycles. The third-order valence-electron chi connectivity index (χ3n) is 3.85. The average Bonchev–Trinajstić information content (AvgIpc) is 2.89. The Balaban J connectivity index is 1.96. The largest absolute Gasteiger partial charge is 0.496 e. The first-order valence-electron chi connectivity index (χ1n) is 7.12. The van der Waals surface area contributed by atoms with Gasteiger partial charge in [-0.3, -0.25) is 0 Å². The molecule has 0 spiro atoms. The zero-order chi connectivity index (χ0) is 14.8. The molecule has 0 unspecified atom stereocenters. The van der Waals surface area contributed by atoms with E-state index in [1.165, 1.54) is 22.0 Å².